The fraction of sp³-hybridized carbons (Fsp3) is 0.333. The Morgan fingerprint density at radius 2 is 1.83 bits per heavy atom. The van der Waals surface area contributed by atoms with Crippen molar-refractivity contribution in [2.24, 2.45) is 0 Å². The minimum absolute atomic E-state index is 0.113. The van der Waals surface area contributed by atoms with Crippen LogP contribution in [0, 0.1) is 13.8 Å². The Morgan fingerprint density at radius 3 is 2.43 bits per heavy atom. The highest BCUT2D eigenvalue weighted by atomic mass is 35.5. The van der Waals surface area contributed by atoms with Gasteiger partial charge in [0.2, 0.25) is 10.0 Å². The second-order valence-corrected chi connectivity index (χ2v) is 8.56. The Bertz CT molecular complexity index is 842. The fourth-order valence-corrected chi connectivity index (χ4v) is 4.14. The normalized spacial score (nSPS) is 16.3. The Labute approximate surface area is 142 Å². The molecule has 0 radical (unpaired) electrons. The maximum absolute atomic E-state index is 12.5. The summed E-state index contributed by atoms with van der Waals surface area (Å²) in [6.45, 7) is 4.29. The molecular weight excluding hydrogens is 330 g/mol. The summed E-state index contributed by atoms with van der Waals surface area (Å²) in [6, 6.07) is 12.9. The molecule has 2 aromatic carbocycles. The van der Waals surface area contributed by atoms with Crippen LogP contribution in [0.5, 0.6) is 0 Å². The molecule has 3 nitrogen and oxygen atoms in total. The van der Waals surface area contributed by atoms with Crippen molar-refractivity contribution in [3.63, 3.8) is 0 Å². The molecule has 23 heavy (non-hydrogen) atoms. The number of nitrogens with one attached hydrogen (secondary N) is 1. The van der Waals surface area contributed by atoms with Gasteiger partial charge in [0.05, 0.1) is 4.90 Å². The zero-order valence-corrected chi connectivity index (χ0v) is 14.8. The first-order valence-electron chi connectivity index (χ1n) is 7.65. The molecule has 1 aliphatic carbocycles. The summed E-state index contributed by atoms with van der Waals surface area (Å²) in [5.41, 5.74) is 3.05. The van der Waals surface area contributed by atoms with Crippen LogP contribution < -0.4 is 4.72 Å². The first-order valence-corrected chi connectivity index (χ1v) is 9.52. The van der Waals surface area contributed by atoms with E-state index in [-0.39, 0.29) is 5.41 Å². The minimum Gasteiger partial charge on any atom is -0.210 e. The van der Waals surface area contributed by atoms with E-state index in [1.54, 1.807) is 12.1 Å². The zero-order valence-electron chi connectivity index (χ0n) is 13.3. The first kappa shape index (κ1) is 16.5. The molecule has 0 saturated heterocycles. The van der Waals surface area contributed by atoms with Gasteiger partial charge in [-0.15, -0.1) is 0 Å². The van der Waals surface area contributed by atoms with Crippen LogP contribution in [0.2, 0.25) is 5.02 Å². The molecule has 0 atom stereocenters. The third kappa shape index (κ3) is 3.44. The Morgan fingerprint density at radius 1 is 1.09 bits per heavy atom. The highest BCUT2D eigenvalue weighted by Gasteiger charge is 2.44. The van der Waals surface area contributed by atoms with Crippen molar-refractivity contribution in [1.29, 1.82) is 0 Å². The summed E-state index contributed by atoms with van der Waals surface area (Å²) < 4.78 is 27.8. The molecule has 0 heterocycles. The summed E-state index contributed by atoms with van der Waals surface area (Å²) in [5, 5.41) is 0.686. The molecule has 5 heteroatoms. The van der Waals surface area contributed by atoms with Gasteiger partial charge in [0.1, 0.15) is 0 Å². The summed E-state index contributed by atoms with van der Waals surface area (Å²) in [6.07, 6.45) is 1.95. The van der Waals surface area contributed by atoms with Gasteiger partial charge in [-0.05, 0) is 67.6 Å². The number of hydrogen-bond acceptors (Lipinski definition) is 2. The monoisotopic (exact) mass is 349 g/mol. The largest absolute Gasteiger partial charge is 0.240 e. The van der Waals surface area contributed by atoms with Crippen LogP contribution in [-0.4, -0.2) is 15.0 Å². The molecule has 0 aliphatic heterocycles. The molecule has 1 N–H and O–H groups in total. The Hall–Kier alpha value is -1.36. The standard InChI is InChI=1S/C18H20ClNO2S/c1-13-6-7-17(10-14(13)2)23(21,22)20-12-18(8-9-18)15-4-3-5-16(19)11-15/h3-7,10-11,20H,8-9,12H2,1-2H3. The van der Waals surface area contributed by atoms with E-state index in [9.17, 15) is 8.42 Å². The molecule has 0 amide bonds. The lowest BCUT2D eigenvalue weighted by molar-refractivity contribution is 0.567. The third-order valence-electron chi connectivity index (χ3n) is 4.68. The molecule has 1 fully saturated rings. The second kappa shape index (κ2) is 5.93. The Kier molecular flexibility index (Phi) is 4.25. The van der Waals surface area contributed by atoms with Crippen molar-refractivity contribution in [3.05, 3.63) is 64.2 Å². The van der Waals surface area contributed by atoms with Gasteiger partial charge in [-0.3, -0.25) is 0 Å². The lowest BCUT2D eigenvalue weighted by atomic mass is 9.96. The van der Waals surface area contributed by atoms with Gasteiger partial charge >= 0.3 is 0 Å². The summed E-state index contributed by atoms with van der Waals surface area (Å²) in [5.74, 6) is 0. The van der Waals surface area contributed by atoms with E-state index in [0.717, 1.165) is 29.5 Å². The average Bonchev–Trinajstić information content (AvgIpc) is 3.29. The van der Waals surface area contributed by atoms with Gasteiger partial charge in [-0.1, -0.05) is 29.8 Å². The van der Waals surface area contributed by atoms with Crippen LogP contribution in [0.1, 0.15) is 29.5 Å². The second-order valence-electron chi connectivity index (χ2n) is 6.36. The van der Waals surface area contributed by atoms with Gasteiger partial charge in [-0.2, -0.15) is 0 Å². The number of rotatable bonds is 5. The van der Waals surface area contributed by atoms with E-state index in [1.165, 1.54) is 0 Å². The smallest absolute Gasteiger partial charge is 0.210 e. The maximum atomic E-state index is 12.5. The molecular formula is C18H20ClNO2S. The lowest BCUT2D eigenvalue weighted by Crippen LogP contribution is -2.32. The van der Waals surface area contributed by atoms with E-state index < -0.39 is 10.0 Å². The molecule has 2 aromatic rings. The van der Waals surface area contributed by atoms with E-state index in [2.05, 4.69) is 4.72 Å². The molecule has 3 rings (SSSR count). The van der Waals surface area contributed by atoms with Crippen molar-refractivity contribution in [2.45, 2.75) is 37.0 Å². The minimum atomic E-state index is -3.49. The van der Waals surface area contributed by atoms with Crippen molar-refractivity contribution in [3.8, 4) is 0 Å². The molecule has 122 valence electrons. The average molecular weight is 350 g/mol. The van der Waals surface area contributed by atoms with Crippen LogP contribution in [0.15, 0.2) is 47.4 Å². The summed E-state index contributed by atoms with van der Waals surface area (Å²) in [7, 11) is -3.49. The van der Waals surface area contributed by atoms with Gasteiger partial charge < -0.3 is 0 Å². The number of halogens is 1. The molecule has 0 spiro atoms. The van der Waals surface area contributed by atoms with Crippen LogP contribution >= 0.6 is 11.6 Å². The maximum Gasteiger partial charge on any atom is 0.240 e. The summed E-state index contributed by atoms with van der Waals surface area (Å²) in [4.78, 5) is 0.322. The molecule has 0 bridgehead atoms. The van der Waals surface area contributed by atoms with Crippen molar-refractivity contribution in [1.82, 2.24) is 4.72 Å². The lowest BCUT2D eigenvalue weighted by Gasteiger charge is -2.17. The number of aryl methyl sites for hydroxylation is 2. The van der Waals surface area contributed by atoms with E-state index >= 15 is 0 Å². The fourth-order valence-electron chi connectivity index (χ4n) is 2.73. The van der Waals surface area contributed by atoms with E-state index in [0.29, 0.717) is 16.5 Å². The van der Waals surface area contributed by atoms with Crippen molar-refractivity contribution >= 4 is 21.6 Å². The predicted octanol–water partition coefficient (Wildman–Crippen LogP) is 3.97. The van der Waals surface area contributed by atoms with Crippen molar-refractivity contribution < 1.29 is 8.42 Å². The predicted molar refractivity (Wildman–Crippen MR) is 93.5 cm³/mol. The number of hydrogen-bond donors (Lipinski definition) is 1. The molecule has 1 aliphatic rings. The third-order valence-corrected chi connectivity index (χ3v) is 6.31. The zero-order chi connectivity index (χ0) is 16.7. The number of sulfonamides is 1. The quantitative estimate of drug-likeness (QED) is 0.887. The Balaban J connectivity index is 1.78. The SMILES string of the molecule is Cc1ccc(S(=O)(=O)NCC2(c3cccc(Cl)c3)CC2)cc1C. The van der Waals surface area contributed by atoms with Crippen LogP contribution in [-0.2, 0) is 15.4 Å². The topological polar surface area (TPSA) is 46.2 Å². The molecule has 0 unspecified atom stereocenters. The first-order chi connectivity index (χ1) is 10.8. The van der Waals surface area contributed by atoms with E-state index in [1.807, 2.05) is 44.2 Å². The molecule has 0 aromatic heterocycles. The van der Waals surface area contributed by atoms with Gasteiger partial charge in [0.15, 0.2) is 0 Å². The van der Waals surface area contributed by atoms with Crippen LogP contribution in [0.3, 0.4) is 0 Å². The summed E-state index contributed by atoms with van der Waals surface area (Å²) >= 11 is 6.06. The van der Waals surface area contributed by atoms with Crippen LogP contribution in [0.25, 0.3) is 0 Å². The van der Waals surface area contributed by atoms with Gasteiger partial charge in [0, 0.05) is 17.0 Å². The van der Waals surface area contributed by atoms with Crippen LogP contribution in [0.4, 0.5) is 0 Å². The highest BCUT2D eigenvalue weighted by Crippen LogP contribution is 2.48. The van der Waals surface area contributed by atoms with Gasteiger partial charge in [-0.25, -0.2) is 13.1 Å². The van der Waals surface area contributed by atoms with Crippen molar-refractivity contribution in [2.75, 3.05) is 6.54 Å². The number of benzene rings is 2. The van der Waals surface area contributed by atoms with E-state index in [4.69, 9.17) is 11.6 Å². The van der Waals surface area contributed by atoms with Gasteiger partial charge in [0.25, 0.3) is 0 Å². The molecule has 1 saturated carbocycles. The highest BCUT2D eigenvalue weighted by molar-refractivity contribution is 7.89.